The Labute approximate surface area is 126 Å². The van der Waals surface area contributed by atoms with E-state index in [1.807, 2.05) is 6.07 Å². The molecule has 2 aromatic rings. The number of thioether (sulfide) groups is 1. The number of aromatic nitrogens is 3. The summed E-state index contributed by atoms with van der Waals surface area (Å²) in [6, 6.07) is 8.61. The van der Waals surface area contributed by atoms with Gasteiger partial charge < -0.3 is 0 Å². The maximum absolute atomic E-state index is 11.8. The smallest absolute Gasteiger partial charge is 0.257 e. The van der Waals surface area contributed by atoms with Gasteiger partial charge in [0.15, 0.2) is 0 Å². The molecule has 7 heteroatoms. The summed E-state index contributed by atoms with van der Waals surface area (Å²) in [5.74, 6) is 0.140. The number of hydrogen-bond donors (Lipinski definition) is 2. The summed E-state index contributed by atoms with van der Waals surface area (Å²) in [5.41, 5.74) is 0.457. The summed E-state index contributed by atoms with van der Waals surface area (Å²) < 4.78 is 0. The van der Waals surface area contributed by atoms with Gasteiger partial charge in [0.1, 0.15) is 5.82 Å². The number of hydrogen-bond acceptors (Lipinski definition) is 5. The fourth-order valence-corrected chi connectivity index (χ4v) is 2.26. The van der Waals surface area contributed by atoms with E-state index in [2.05, 4.69) is 27.4 Å². The first-order valence-corrected chi connectivity index (χ1v) is 7.61. The molecular weight excluding hydrogens is 288 g/mol. The Balaban J connectivity index is 1.80. The summed E-state index contributed by atoms with van der Waals surface area (Å²) >= 11 is 1.19. The van der Waals surface area contributed by atoms with Crippen LogP contribution in [-0.2, 0) is 11.2 Å². The zero-order chi connectivity index (χ0) is 15.1. The highest BCUT2D eigenvalue weighted by atomic mass is 32.2. The molecule has 0 fully saturated rings. The van der Waals surface area contributed by atoms with Gasteiger partial charge in [-0.25, -0.2) is 4.98 Å². The molecule has 1 heterocycles. The molecule has 0 aliphatic heterocycles. The lowest BCUT2D eigenvalue weighted by atomic mass is 10.2. The van der Waals surface area contributed by atoms with Gasteiger partial charge in [-0.2, -0.15) is 0 Å². The Kier molecular flexibility index (Phi) is 5.51. The third-order valence-electron chi connectivity index (χ3n) is 2.62. The summed E-state index contributed by atoms with van der Waals surface area (Å²) in [6.07, 6.45) is 1.80. The Bertz CT molecular complexity index is 612. The van der Waals surface area contributed by atoms with E-state index in [9.17, 15) is 9.59 Å². The van der Waals surface area contributed by atoms with Crippen LogP contribution in [0.5, 0.6) is 0 Å². The lowest BCUT2D eigenvalue weighted by Crippen LogP contribution is -2.31. The molecule has 0 saturated heterocycles. The van der Waals surface area contributed by atoms with Crippen molar-refractivity contribution >= 4 is 23.6 Å². The lowest BCUT2D eigenvalue weighted by Gasteiger charge is -2.02. The maximum atomic E-state index is 11.8. The second kappa shape index (κ2) is 7.58. The lowest BCUT2D eigenvalue weighted by molar-refractivity contribution is -0.117. The van der Waals surface area contributed by atoms with Gasteiger partial charge in [0.2, 0.25) is 11.1 Å². The minimum Gasteiger partial charge on any atom is -0.292 e. The summed E-state index contributed by atoms with van der Waals surface area (Å²) in [4.78, 5) is 27.7. The number of rotatable bonds is 6. The SMILES string of the molecule is CCCc1nc(SCC(=O)NC(=O)c2ccccc2)n[nH]1. The average Bonchev–Trinajstić information content (AvgIpc) is 2.94. The number of aromatic amines is 1. The van der Waals surface area contributed by atoms with Crippen molar-refractivity contribution in [3.8, 4) is 0 Å². The largest absolute Gasteiger partial charge is 0.292 e. The first-order valence-electron chi connectivity index (χ1n) is 6.62. The zero-order valence-electron chi connectivity index (χ0n) is 11.6. The summed E-state index contributed by atoms with van der Waals surface area (Å²) in [6.45, 7) is 2.05. The third kappa shape index (κ3) is 4.71. The summed E-state index contributed by atoms with van der Waals surface area (Å²) in [7, 11) is 0. The Morgan fingerprint density at radius 3 is 2.76 bits per heavy atom. The molecule has 1 aromatic carbocycles. The first-order chi connectivity index (χ1) is 10.2. The topological polar surface area (TPSA) is 87.7 Å². The quantitative estimate of drug-likeness (QED) is 0.795. The Hall–Kier alpha value is -2.15. The second-order valence-electron chi connectivity index (χ2n) is 4.35. The van der Waals surface area contributed by atoms with Gasteiger partial charge in [0, 0.05) is 12.0 Å². The molecule has 21 heavy (non-hydrogen) atoms. The van der Waals surface area contributed by atoms with Crippen LogP contribution in [0.4, 0.5) is 0 Å². The van der Waals surface area contributed by atoms with E-state index >= 15 is 0 Å². The predicted molar refractivity (Wildman–Crippen MR) is 80.0 cm³/mol. The number of nitrogens with zero attached hydrogens (tertiary/aromatic N) is 2. The van der Waals surface area contributed by atoms with Crippen LogP contribution in [0, 0.1) is 0 Å². The number of aryl methyl sites for hydroxylation is 1. The number of carbonyl (C=O) groups is 2. The molecular formula is C14H16N4O2S. The van der Waals surface area contributed by atoms with Gasteiger partial charge in [-0.15, -0.1) is 5.10 Å². The molecule has 2 amide bonds. The van der Waals surface area contributed by atoms with Crippen molar-refractivity contribution in [2.45, 2.75) is 24.9 Å². The van der Waals surface area contributed by atoms with Crippen molar-refractivity contribution in [2.75, 3.05) is 5.75 Å². The van der Waals surface area contributed by atoms with Gasteiger partial charge in [-0.3, -0.25) is 20.0 Å². The minimum atomic E-state index is -0.400. The molecule has 0 bridgehead atoms. The second-order valence-corrected chi connectivity index (χ2v) is 5.29. The molecule has 1 aromatic heterocycles. The Morgan fingerprint density at radius 2 is 2.05 bits per heavy atom. The first kappa shape index (κ1) is 15.2. The van der Waals surface area contributed by atoms with E-state index < -0.39 is 5.91 Å². The van der Waals surface area contributed by atoms with Crippen LogP contribution in [0.2, 0.25) is 0 Å². The fraction of sp³-hybridized carbons (Fsp3) is 0.286. The normalized spacial score (nSPS) is 10.3. The van der Waals surface area contributed by atoms with Crippen LogP contribution in [0.1, 0.15) is 29.5 Å². The van der Waals surface area contributed by atoms with E-state index in [1.54, 1.807) is 24.3 Å². The third-order valence-corrected chi connectivity index (χ3v) is 3.47. The van der Waals surface area contributed by atoms with Crippen molar-refractivity contribution in [2.24, 2.45) is 0 Å². The molecule has 0 aliphatic carbocycles. The van der Waals surface area contributed by atoms with Gasteiger partial charge in [-0.1, -0.05) is 36.9 Å². The molecule has 0 radical (unpaired) electrons. The molecule has 2 N–H and O–H groups in total. The minimum absolute atomic E-state index is 0.0992. The van der Waals surface area contributed by atoms with Crippen molar-refractivity contribution in [3.05, 3.63) is 41.7 Å². The Morgan fingerprint density at radius 1 is 1.29 bits per heavy atom. The van der Waals surface area contributed by atoms with Crippen LogP contribution in [0.3, 0.4) is 0 Å². The van der Waals surface area contributed by atoms with Gasteiger partial charge in [-0.05, 0) is 18.6 Å². The molecule has 0 atom stereocenters. The van der Waals surface area contributed by atoms with Crippen LogP contribution in [0.25, 0.3) is 0 Å². The molecule has 2 rings (SSSR count). The molecule has 0 unspecified atom stereocenters. The van der Waals surface area contributed by atoms with Crippen molar-refractivity contribution < 1.29 is 9.59 Å². The van der Waals surface area contributed by atoms with Crippen molar-refractivity contribution in [1.29, 1.82) is 0 Å². The number of carbonyl (C=O) groups excluding carboxylic acids is 2. The van der Waals surface area contributed by atoms with E-state index in [-0.39, 0.29) is 11.7 Å². The number of benzene rings is 1. The van der Waals surface area contributed by atoms with Crippen molar-refractivity contribution in [3.63, 3.8) is 0 Å². The summed E-state index contributed by atoms with van der Waals surface area (Å²) in [5, 5.41) is 9.67. The maximum Gasteiger partial charge on any atom is 0.257 e. The monoisotopic (exact) mass is 304 g/mol. The van der Waals surface area contributed by atoms with Crippen molar-refractivity contribution in [1.82, 2.24) is 20.5 Å². The van der Waals surface area contributed by atoms with E-state index in [1.165, 1.54) is 11.8 Å². The number of imide groups is 1. The van der Waals surface area contributed by atoms with Gasteiger partial charge >= 0.3 is 0 Å². The van der Waals surface area contributed by atoms with Crippen LogP contribution in [-0.4, -0.2) is 32.7 Å². The fourth-order valence-electron chi connectivity index (χ4n) is 1.65. The molecule has 6 nitrogen and oxygen atoms in total. The molecule has 110 valence electrons. The van der Waals surface area contributed by atoms with E-state index in [0.29, 0.717) is 10.7 Å². The number of H-pyrrole nitrogens is 1. The highest BCUT2D eigenvalue weighted by Crippen LogP contribution is 2.12. The van der Waals surface area contributed by atoms with Crippen LogP contribution >= 0.6 is 11.8 Å². The molecule has 0 saturated carbocycles. The van der Waals surface area contributed by atoms with Crippen LogP contribution < -0.4 is 5.32 Å². The average molecular weight is 304 g/mol. The molecule has 0 spiro atoms. The number of nitrogens with one attached hydrogen (secondary N) is 2. The van der Waals surface area contributed by atoms with E-state index in [4.69, 9.17) is 0 Å². The predicted octanol–water partition coefficient (Wildman–Crippen LogP) is 1.81. The highest BCUT2D eigenvalue weighted by Gasteiger charge is 2.11. The zero-order valence-corrected chi connectivity index (χ0v) is 12.4. The highest BCUT2D eigenvalue weighted by molar-refractivity contribution is 7.99. The number of amides is 2. The van der Waals surface area contributed by atoms with Crippen LogP contribution in [0.15, 0.2) is 35.5 Å². The standard InChI is InChI=1S/C14H16N4O2S/c1-2-6-11-15-14(18-17-11)21-9-12(19)16-13(20)10-7-4-3-5-8-10/h3-5,7-8H,2,6,9H2,1H3,(H,15,17,18)(H,16,19,20). The molecule has 0 aliphatic rings. The van der Waals surface area contributed by atoms with Gasteiger partial charge in [0.25, 0.3) is 5.91 Å². The van der Waals surface area contributed by atoms with E-state index in [0.717, 1.165) is 18.7 Å². The van der Waals surface area contributed by atoms with Gasteiger partial charge in [0.05, 0.1) is 5.75 Å².